The lowest BCUT2D eigenvalue weighted by Gasteiger charge is -2.12. The molecule has 4 heteroatoms. The molecule has 3 aromatic heterocycles. The summed E-state index contributed by atoms with van der Waals surface area (Å²) < 4.78 is 4.66. The van der Waals surface area contributed by atoms with Gasteiger partial charge in [-0.1, -0.05) is 152 Å². The molecule has 0 N–H and O–H groups in total. The first-order chi connectivity index (χ1) is 27.8. The average Bonchev–Trinajstić information content (AvgIpc) is 3.80. The number of nitrogens with zero attached hydrogens (tertiary/aromatic N) is 4. The highest BCUT2D eigenvalue weighted by molar-refractivity contribution is 6.17. The fraction of sp³-hybridized carbons (Fsp3) is 0. The lowest BCUT2D eigenvalue weighted by Crippen LogP contribution is -1.99. The zero-order valence-corrected chi connectivity index (χ0v) is 30.4. The van der Waals surface area contributed by atoms with Gasteiger partial charge in [0, 0.05) is 38.7 Å². The molecular formula is C52H34N4. The molecule has 0 radical (unpaired) electrons. The van der Waals surface area contributed by atoms with Crippen LogP contribution in [0.3, 0.4) is 0 Å². The van der Waals surface area contributed by atoms with E-state index in [0.29, 0.717) is 5.82 Å². The van der Waals surface area contributed by atoms with Crippen LogP contribution in [0.15, 0.2) is 206 Å². The van der Waals surface area contributed by atoms with Crippen LogP contribution in [0, 0.1) is 0 Å². The highest BCUT2D eigenvalue weighted by Gasteiger charge is 2.22. The minimum atomic E-state index is 0.684. The molecule has 11 rings (SSSR count). The molecule has 11 aromatic rings. The van der Waals surface area contributed by atoms with E-state index in [9.17, 15) is 0 Å². The van der Waals surface area contributed by atoms with Crippen LogP contribution in [-0.4, -0.2) is 19.1 Å². The molecule has 0 amide bonds. The predicted octanol–water partition coefficient (Wildman–Crippen LogP) is 13.3. The normalized spacial score (nSPS) is 11.6. The molecule has 0 fully saturated rings. The van der Waals surface area contributed by atoms with Crippen molar-refractivity contribution in [2.45, 2.75) is 0 Å². The van der Waals surface area contributed by atoms with Gasteiger partial charge in [0.05, 0.1) is 27.6 Å². The van der Waals surface area contributed by atoms with Crippen molar-refractivity contribution < 1.29 is 0 Å². The third-order valence-corrected chi connectivity index (χ3v) is 10.9. The van der Waals surface area contributed by atoms with E-state index in [-0.39, 0.29) is 0 Å². The van der Waals surface area contributed by atoms with Crippen molar-refractivity contribution in [3.63, 3.8) is 0 Å². The molecule has 0 unspecified atom stereocenters. The first kappa shape index (κ1) is 31.9. The van der Waals surface area contributed by atoms with E-state index >= 15 is 0 Å². The van der Waals surface area contributed by atoms with E-state index in [1.54, 1.807) is 0 Å². The quantitative estimate of drug-likeness (QED) is 0.172. The Kier molecular flexibility index (Phi) is 7.46. The van der Waals surface area contributed by atoms with Gasteiger partial charge < -0.3 is 4.57 Å². The standard InChI is InChI=1S/C52H34N4/c1-4-17-35(18-5-1)36-19-14-22-39(33-36)51-53-50(49-44-28-11-13-31-46(44)56(52(49)54-51)41-25-8-3-9-26-41)38-21-15-20-37(34-38)42-29-16-32-47-48(42)43-27-10-12-30-45(43)55(47)40-23-6-2-7-24-40/h1-34H. The van der Waals surface area contributed by atoms with Crippen molar-refractivity contribution in [1.29, 1.82) is 0 Å². The molecule has 3 heterocycles. The van der Waals surface area contributed by atoms with Crippen LogP contribution < -0.4 is 0 Å². The van der Waals surface area contributed by atoms with Crippen molar-refractivity contribution in [3.05, 3.63) is 206 Å². The molecular weight excluding hydrogens is 681 g/mol. The number of benzene rings is 8. The van der Waals surface area contributed by atoms with Gasteiger partial charge in [0.25, 0.3) is 0 Å². The number of hydrogen-bond donors (Lipinski definition) is 0. The molecule has 0 saturated carbocycles. The second-order valence-corrected chi connectivity index (χ2v) is 14.2. The second kappa shape index (κ2) is 13.1. The van der Waals surface area contributed by atoms with Crippen LogP contribution >= 0.6 is 0 Å². The molecule has 8 aromatic carbocycles. The monoisotopic (exact) mass is 714 g/mol. The van der Waals surface area contributed by atoms with Gasteiger partial charge in [0.15, 0.2) is 5.82 Å². The maximum absolute atomic E-state index is 5.50. The van der Waals surface area contributed by atoms with Crippen LogP contribution in [0.2, 0.25) is 0 Å². The molecule has 4 nitrogen and oxygen atoms in total. The average molecular weight is 715 g/mol. The third-order valence-electron chi connectivity index (χ3n) is 10.9. The fourth-order valence-electron chi connectivity index (χ4n) is 8.45. The van der Waals surface area contributed by atoms with Crippen molar-refractivity contribution in [2.24, 2.45) is 0 Å². The van der Waals surface area contributed by atoms with Crippen molar-refractivity contribution in [3.8, 4) is 56.3 Å². The summed E-state index contributed by atoms with van der Waals surface area (Å²) in [4.78, 5) is 10.9. The van der Waals surface area contributed by atoms with E-state index in [1.165, 1.54) is 27.4 Å². The zero-order chi connectivity index (χ0) is 37.0. The van der Waals surface area contributed by atoms with Crippen LogP contribution in [0.1, 0.15) is 0 Å². The minimum Gasteiger partial charge on any atom is -0.309 e. The van der Waals surface area contributed by atoms with Crippen LogP contribution in [-0.2, 0) is 0 Å². The largest absolute Gasteiger partial charge is 0.309 e. The second-order valence-electron chi connectivity index (χ2n) is 14.2. The molecule has 262 valence electrons. The Hall–Kier alpha value is -7.56. The molecule has 0 aliphatic carbocycles. The summed E-state index contributed by atoms with van der Waals surface area (Å²) in [6, 6.07) is 73.1. The Labute approximate surface area is 324 Å². The summed E-state index contributed by atoms with van der Waals surface area (Å²) in [6.07, 6.45) is 0. The van der Waals surface area contributed by atoms with Gasteiger partial charge in [-0.25, -0.2) is 9.97 Å². The van der Waals surface area contributed by atoms with E-state index in [1.807, 2.05) is 0 Å². The van der Waals surface area contributed by atoms with Gasteiger partial charge in [-0.3, -0.25) is 4.57 Å². The fourth-order valence-corrected chi connectivity index (χ4v) is 8.45. The Balaban J connectivity index is 1.18. The van der Waals surface area contributed by atoms with Gasteiger partial charge in [-0.05, 0) is 76.9 Å². The molecule has 0 atom stereocenters. The highest BCUT2D eigenvalue weighted by Crippen LogP contribution is 2.42. The maximum atomic E-state index is 5.50. The molecule has 0 bridgehead atoms. The Morgan fingerprint density at radius 2 is 0.821 bits per heavy atom. The van der Waals surface area contributed by atoms with Crippen LogP contribution in [0.5, 0.6) is 0 Å². The van der Waals surface area contributed by atoms with Gasteiger partial charge in [0.2, 0.25) is 0 Å². The smallest absolute Gasteiger partial charge is 0.162 e. The van der Waals surface area contributed by atoms with Crippen LogP contribution in [0.25, 0.3) is 100 Å². The molecule has 0 aliphatic rings. The van der Waals surface area contributed by atoms with E-state index < -0.39 is 0 Å². The molecule has 0 aliphatic heterocycles. The van der Waals surface area contributed by atoms with Gasteiger partial charge >= 0.3 is 0 Å². The molecule has 0 saturated heterocycles. The topological polar surface area (TPSA) is 35.6 Å². The molecule has 0 spiro atoms. The maximum Gasteiger partial charge on any atom is 0.162 e. The first-order valence-electron chi connectivity index (χ1n) is 19.0. The SMILES string of the molecule is c1ccc(-c2cccc(-c3nc(-c4cccc(-c5cccc6c5c5ccccc5n6-c5ccccc5)c4)c4c5ccccc5n(-c5ccccc5)c4n3)c2)cc1. The number of rotatable bonds is 6. The van der Waals surface area contributed by atoms with E-state index in [0.717, 1.165) is 66.8 Å². The number of para-hydroxylation sites is 4. The number of fused-ring (bicyclic) bond motifs is 6. The number of hydrogen-bond acceptors (Lipinski definition) is 2. The van der Waals surface area contributed by atoms with Crippen molar-refractivity contribution >= 4 is 43.7 Å². The first-order valence-corrected chi connectivity index (χ1v) is 19.0. The zero-order valence-electron chi connectivity index (χ0n) is 30.4. The Morgan fingerprint density at radius 1 is 0.321 bits per heavy atom. The summed E-state index contributed by atoms with van der Waals surface area (Å²) in [6.45, 7) is 0. The Bertz CT molecular complexity index is 3230. The van der Waals surface area contributed by atoms with Gasteiger partial charge in [-0.15, -0.1) is 0 Å². The third kappa shape index (κ3) is 5.15. The molecule has 56 heavy (non-hydrogen) atoms. The van der Waals surface area contributed by atoms with Crippen molar-refractivity contribution in [2.75, 3.05) is 0 Å². The Morgan fingerprint density at radius 3 is 1.55 bits per heavy atom. The highest BCUT2D eigenvalue weighted by atomic mass is 15.1. The summed E-state index contributed by atoms with van der Waals surface area (Å²) >= 11 is 0. The lowest BCUT2D eigenvalue weighted by molar-refractivity contribution is 1.11. The summed E-state index contributed by atoms with van der Waals surface area (Å²) in [5, 5.41) is 4.60. The number of aromatic nitrogens is 4. The lowest BCUT2D eigenvalue weighted by atomic mass is 9.96. The van der Waals surface area contributed by atoms with E-state index in [2.05, 4.69) is 215 Å². The summed E-state index contributed by atoms with van der Waals surface area (Å²) in [5.41, 5.74) is 14.0. The van der Waals surface area contributed by atoms with Crippen LogP contribution in [0.4, 0.5) is 0 Å². The van der Waals surface area contributed by atoms with Crippen molar-refractivity contribution in [1.82, 2.24) is 19.1 Å². The van der Waals surface area contributed by atoms with Gasteiger partial charge in [-0.2, -0.15) is 0 Å². The van der Waals surface area contributed by atoms with Gasteiger partial charge in [0.1, 0.15) is 5.65 Å². The summed E-state index contributed by atoms with van der Waals surface area (Å²) in [7, 11) is 0. The van der Waals surface area contributed by atoms with E-state index in [4.69, 9.17) is 9.97 Å². The predicted molar refractivity (Wildman–Crippen MR) is 232 cm³/mol. The minimum absolute atomic E-state index is 0.684. The summed E-state index contributed by atoms with van der Waals surface area (Å²) in [5.74, 6) is 0.684.